The minimum atomic E-state index is -0.357. The van der Waals surface area contributed by atoms with Gasteiger partial charge in [0, 0.05) is 10.6 Å². The molecule has 0 bridgehead atoms. The molecule has 1 rings (SSSR count). The monoisotopic (exact) mass is 172 g/mol. The van der Waals surface area contributed by atoms with Gasteiger partial charge in [-0.05, 0) is 18.2 Å². The van der Waals surface area contributed by atoms with Gasteiger partial charge < -0.3 is 5.84 Å². The predicted octanol–water partition coefficient (Wildman–Crippen LogP) is 1.77. The average molecular weight is 173 g/mol. The Balaban J connectivity index is 3.12. The van der Waals surface area contributed by atoms with Crippen LogP contribution in [0.15, 0.2) is 23.3 Å². The van der Waals surface area contributed by atoms with Crippen molar-refractivity contribution in [3.63, 3.8) is 0 Å². The summed E-state index contributed by atoms with van der Waals surface area (Å²) in [4.78, 5) is 0. The zero-order valence-corrected chi connectivity index (χ0v) is 6.35. The van der Waals surface area contributed by atoms with E-state index in [0.29, 0.717) is 10.6 Å². The molecule has 0 heterocycles. The highest BCUT2D eigenvalue weighted by Gasteiger charge is 1.97. The van der Waals surface area contributed by atoms with E-state index in [2.05, 4.69) is 5.10 Å². The molecule has 0 fully saturated rings. The molecule has 58 valence electrons. The van der Waals surface area contributed by atoms with Gasteiger partial charge in [0.05, 0.1) is 6.21 Å². The summed E-state index contributed by atoms with van der Waals surface area (Å²) in [7, 11) is 0. The van der Waals surface area contributed by atoms with Crippen molar-refractivity contribution in [1.29, 1.82) is 0 Å². The Morgan fingerprint density at radius 1 is 1.55 bits per heavy atom. The van der Waals surface area contributed by atoms with E-state index in [-0.39, 0.29) is 5.82 Å². The fourth-order valence-electron chi connectivity index (χ4n) is 0.694. The molecule has 0 radical (unpaired) electrons. The molecule has 0 aromatic heterocycles. The van der Waals surface area contributed by atoms with Crippen LogP contribution in [0.2, 0.25) is 5.02 Å². The quantitative estimate of drug-likeness (QED) is 0.391. The summed E-state index contributed by atoms with van der Waals surface area (Å²) in [6.45, 7) is 0. The van der Waals surface area contributed by atoms with Crippen LogP contribution in [0, 0.1) is 5.82 Å². The largest absolute Gasteiger partial charge is 0.323 e. The lowest BCUT2D eigenvalue weighted by molar-refractivity contribution is 0.627. The van der Waals surface area contributed by atoms with E-state index in [9.17, 15) is 4.39 Å². The van der Waals surface area contributed by atoms with E-state index in [0.717, 1.165) is 0 Å². The van der Waals surface area contributed by atoms with Crippen LogP contribution in [-0.4, -0.2) is 6.21 Å². The van der Waals surface area contributed by atoms with Crippen molar-refractivity contribution in [1.82, 2.24) is 0 Å². The molecule has 0 aliphatic heterocycles. The van der Waals surface area contributed by atoms with Gasteiger partial charge in [-0.15, -0.1) is 0 Å². The van der Waals surface area contributed by atoms with Gasteiger partial charge in [0.1, 0.15) is 5.82 Å². The Morgan fingerprint density at radius 2 is 2.27 bits per heavy atom. The molecule has 0 spiro atoms. The van der Waals surface area contributed by atoms with Crippen molar-refractivity contribution >= 4 is 17.8 Å². The average Bonchev–Trinajstić information content (AvgIpc) is 1.98. The van der Waals surface area contributed by atoms with Crippen LogP contribution in [0.3, 0.4) is 0 Å². The third-order valence-corrected chi connectivity index (χ3v) is 1.52. The number of benzene rings is 1. The third kappa shape index (κ3) is 1.91. The smallest absolute Gasteiger partial charge is 0.123 e. The van der Waals surface area contributed by atoms with Gasteiger partial charge in [0.25, 0.3) is 0 Å². The maximum atomic E-state index is 12.5. The van der Waals surface area contributed by atoms with E-state index in [4.69, 9.17) is 17.4 Å². The standard InChI is InChI=1S/C7H6ClFN2/c8-7-2-1-6(9)3-5(7)4-11-10/h1-4H,10H2. The molecule has 0 unspecified atom stereocenters. The highest BCUT2D eigenvalue weighted by atomic mass is 35.5. The van der Waals surface area contributed by atoms with E-state index < -0.39 is 0 Å². The Bertz CT molecular complexity index is 286. The maximum Gasteiger partial charge on any atom is 0.123 e. The van der Waals surface area contributed by atoms with E-state index in [1.165, 1.54) is 24.4 Å². The van der Waals surface area contributed by atoms with Gasteiger partial charge >= 0.3 is 0 Å². The fraction of sp³-hybridized carbons (Fsp3) is 0. The second kappa shape index (κ2) is 3.34. The van der Waals surface area contributed by atoms with Crippen molar-refractivity contribution in [2.45, 2.75) is 0 Å². The molecule has 1 aromatic rings. The summed E-state index contributed by atoms with van der Waals surface area (Å²) < 4.78 is 12.5. The normalized spacial score (nSPS) is 10.7. The van der Waals surface area contributed by atoms with E-state index in [1.807, 2.05) is 0 Å². The summed E-state index contributed by atoms with van der Waals surface area (Å²) in [5.41, 5.74) is 0.481. The number of hydrogen-bond acceptors (Lipinski definition) is 2. The maximum absolute atomic E-state index is 12.5. The summed E-state index contributed by atoms with van der Waals surface area (Å²) >= 11 is 5.66. The molecule has 11 heavy (non-hydrogen) atoms. The molecular weight excluding hydrogens is 167 g/mol. The zero-order chi connectivity index (χ0) is 8.27. The SMILES string of the molecule is NN=Cc1cc(F)ccc1Cl. The summed E-state index contributed by atoms with van der Waals surface area (Å²) in [6.07, 6.45) is 1.30. The summed E-state index contributed by atoms with van der Waals surface area (Å²) in [5.74, 6) is 4.51. The van der Waals surface area contributed by atoms with Crippen LogP contribution in [0.4, 0.5) is 4.39 Å². The molecule has 0 saturated carbocycles. The Morgan fingerprint density at radius 3 is 2.91 bits per heavy atom. The minimum Gasteiger partial charge on any atom is -0.323 e. The molecule has 2 N–H and O–H groups in total. The molecule has 1 aromatic carbocycles. The van der Waals surface area contributed by atoms with Gasteiger partial charge in [-0.1, -0.05) is 11.6 Å². The Hall–Kier alpha value is -1.09. The molecule has 0 amide bonds. The lowest BCUT2D eigenvalue weighted by Gasteiger charge is -1.95. The highest BCUT2D eigenvalue weighted by Crippen LogP contribution is 2.14. The molecule has 0 atom stereocenters. The lowest BCUT2D eigenvalue weighted by Crippen LogP contribution is -1.88. The molecule has 4 heteroatoms. The van der Waals surface area contributed by atoms with Crippen molar-refractivity contribution in [2.24, 2.45) is 10.9 Å². The van der Waals surface area contributed by atoms with E-state index >= 15 is 0 Å². The number of rotatable bonds is 1. The molecule has 2 nitrogen and oxygen atoms in total. The first-order valence-corrected chi connectivity index (χ1v) is 3.30. The van der Waals surface area contributed by atoms with Crippen molar-refractivity contribution < 1.29 is 4.39 Å². The first-order chi connectivity index (χ1) is 5.24. The van der Waals surface area contributed by atoms with Crippen LogP contribution in [0.25, 0.3) is 0 Å². The first-order valence-electron chi connectivity index (χ1n) is 2.92. The van der Waals surface area contributed by atoms with Crippen molar-refractivity contribution in [3.8, 4) is 0 Å². The predicted molar refractivity (Wildman–Crippen MR) is 43.2 cm³/mol. The van der Waals surface area contributed by atoms with Crippen molar-refractivity contribution in [2.75, 3.05) is 0 Å². The Kier molecular flexibility index (Phi) is 2.44. The van der Waals surface area contributed by atoms with Crippen LogP contribution in [0.5, 0.6) is 0 Å². The Labute approximate surface area is 68.5 Å². The number of hydrazone groups is 1. The third-order valence-electron chi connectivity index (χ3n) is 1.17. The molecule has 0 saturated heterocycles. The number of nitrogens with two attached hydrogens (primary N) is 1. The highest BCUT2D eigenvalue weighted by molar-refractivity contribution is 6.33. The van der Waals surface area contributed by atoms with Gasteiger partial charge in [-0.25, -0.2) is 4.39 Å². The van der Waals surface area contributed by atoms with Gasteiger partial charge in [0.2, 0.25) is 0 Å². The van der Waals surface area contributed by atoms with Gasteiger partial charge in [-0.3, -0.25) is 0 Å². The molecule has 0 aliphatic carbocycles. The number of halogens is 2. The molecular formula is C7H6ClFN2. The summed E-state index contributed by atoms with van der Waals surface area (Å²) in [6, 6.07) is 3.99. The summed E-state index contributed by atoms with van der Waals surface area (Å²) in [5, 5.41) is 3.66. The van der Waals surface area contributed by atoms with Crippen LogP contribution >= 0.6 is 11.6 Å². The van der Waals surface area contributed by atoms with Crippen LogP contribution in [0.1, 0.15) is 5.56 Å². The van der Waals surface area contributed by atoms with Crippen molar-refractivity contribution in [3.05, 3.63) is 34.6 Å². The van der Waals surface area contributed by atoms with Gasteiger partial charge in [0.15, 0.2) is 0 Å². The number of hydrogen-bond donors (Lipinski definition) is 1. The topological polar surface area (TPSA) is 38.4 Å². The van der Waals surface area contributed by atoms with Crippen LogP contribution in [-0.2, 0) is 0 Å². The molecule has 0 aliphatic rings. The number of nitrogens with zero attached hydrogens (tertiary/aromatic N) is 1. The van der Waals surface area contributed by atoms with E-state index in [1.54, 1.807) is 0 Å². The fourth-order valence-corrected chi connectivity index (χ4v) is 0.860. The minimum absolute atomic E-state index is 0.357. The second-order valence-electron chi connectivity index (χ2n) is 1.94. The van der Waals surface area contributed by atoms with Gasteiger partial charge in [-0.2, -0.15) is 5.10 Å². The lowest BCUT2D eigenvalue weighted by atomic mass is 10.2. The second-order valence-corrected chi connectivity index (χ2v) is 2.35. The zero-order valence-electron chi connectivity index (χ0n) is 5.59. The van der Waals surface area contributed by atoms with Crippen LogP contribution < -0.4 is 5.84 Å². The first kappa shape index (κ1) is 8.01.